The number of allylic oxidation sites excluding steroid dienone is 2. The molecular weight excluding hydrogens is 887 g/mol. The van der Waals surface area contributed by atoms with Gasteiger partial charge < -0.3 is 0 Å². The van der Waals surface area contributed by atoms with Crippen LogP contribution in [0.2, 0.25) is 9.26 Å². The van der Waals surface area contributed by atoms with Crippen LogP contribution in [0.4, 0.5) is 0 Å². The Morgan fingerprint density at radius 1 is 0.484 bits per heavy atom. The standard InChI is InChI=1S/2C28H29.2CH3.2ClH.H2Si.Zr/c2*1-2-28(15-6-3-7-16-28)20-21-17-24-11-8-12-26(27(24)18-21)25-14-13-22-9-4-5-10-23(22)19-25;;;;;;/h2*4-5,8-14,17-19H,2-3,6-7,15-16,20H2,1H3;2*1H3;2*1H;1H2;. The number of hydrogen-bond acceptors (Lipinski definition) is 0. The van der Waals surface area contributed by atoms with E-state index >= 15 is 0 Å². The van der Waals surface area contributed by atoms with Crippen LogP contribution in [0.3, 0.4) is 0 Å². The van der Waals surface area contributed by atoms with Crippen LogP contribution in [-0.4, -0.2) is 6.88 Å². The molecule has 6 aromatic rings. The van der Waals surface area contributed by atoms with Gasteiger partial charge in [-0.1, -0.05) is 0 Å². The topological polar surface area (TPSA) is 0 Å². The van der Waals surface area contributed by atoms with Gasteiger partial charge in [0.1, 0.15) is 0 Å². The largest absolute Gasteiger partial charge is 0.147 e. The van der Waals surface area contributed by atoms with Crippen molar-refractivity contribution in [1.82, 2.24) is 0 Å². The molecule has 2 saturated carbocycles. The maximum Gasteiger partial charge on any atom is -0.147 e. The first kappa shape index (κ1) is 45.6. The van der Waals surface area contributed by atoms with Gasteiger partial charge in [-0.15, -0.1) is 24.8 Å². The summed E-state index contributed by atoms with van der Waals surface area (Å²) in [7, 11) is 0. The van der Waals surface area contributed by atoms with E-state index in [4.69, 9.17) is 0 Å². The maximum absolute atomic E-state index is 4.00. The summed E-state index contributed by atoms with van der Waals surface area (Å²) in [6, 6.07) is 47.0. The molecule has 2 atom stereocenters. The summed E-state index contributed by atoms with van der Waals surface area (Å²) in [5.74, 6) is 0. The van der Waals surface area contributed by atoms with Crippen molar-refractivity contribution in [2.24, 2.45) is 10.8 Å². The molecule has 0 heterocycles. The SMILES string of the molecule is CCC1(CC2=Cc3c(-c4ccc5ccccc5c4)cccc3[CH]2[Zr]([CH3])([CH3])(=[SiH2])[CH]2C(CC3(CC)CCCCC3)=Cc3c(-c4ccc5ccccc5c4)cccc32)CCCCC1.Cl.Cl. The molecule has 10 rings (SSSR count). The van der Waals surface area contributed by atoms with Crippen LogP contribution in [0.1, 0.15) is 133 Å². The van der Waals surface area contributed by atoms with Gasteiger partial charge in [0.15, 0.2) is 0 Å². The molecule has 4 aliphatic carbocycles. The minimum Gasteiger partial charge on any atom is -0.147 e. The predicted molar refractivity (Wildman–Crippen MR) is 276 cm³/mol. The normalized spacial score (nSPS) is 20.4. The quantitative estimate of drug-likeness (QED) is 0.120. The molecule has 4 aliphatic rings. The van der Waals surface area contributed by atoms with Gasteiger partial charge in [-0.2, -0.15) is 0 Å². The summed E-state index contributed by atoms with van der Waals surface area (Å²) >= 11 is -4.00. The Morgan fingerprint density at radius 2 is 0.871 bits per heavy atom. The van der Waals surface area contributed by atoms with E-state index in [9.17, 15) is 0 Å². The zero-order valence-electron chi connectivity index (χ0n) is 37.8. The first-order chi connectivity index (χ1) is 29.1. The third kappa shape index (κ3) is 8.05. The molecule has 62 heavy (non-hydrogen) atoms. The monoisotopic (exact) mass is 952 g/mol. The Balaban J connectivity index is 0.00000264. The van der Waals surface area contributed by atoms with Crippen molar-refractivity contribution in [1.29, 1.82) is 0 Å². The van der Waals surface area contributed by atoms with Crippen LogP contribution >= 0.6 is 24.8 Å². The van der Waals surface area contributed by atoms with E-state index in [0.717, 1.165) is 0 Å². The average Bonchev–Trinajstić information content (AvgIpc) is 3.85. The summed E-state index contributed by atoms with van der Waals surface area (Å²) in [6.07, 6.45) is 24.6. The van der Waals surface area contributed by atoms with Gasteiger partial charge in [0.25, 0.3) is 0 Å². The molecule has 6 aromatic carbocycles. The van der Waals surface area contributed by atoms with Crippen molar-refractivity contribution in [3.8, 4) is 22.3 Å². The smallest absolute Gasteiger partial charge is 0.147 e. The van der Waals surface area contributed by atoms with Gasteiger partial charge in [0.05, 0.1) is 0 Å². The van der Waals surface area contributed by atoms with Crippen LogP contribution in [-0.2, 0) is 17.4 Å². The Labute approximate surface area is 387 Å². The van der Waals surface area contributed by atoms with E-state index in [-0.39, 0.29) is 24.8 Å². The second-order valence-corrected chi connectivity index (χ2v) is 51.6. The zero-order chi connectivity index (χ0) is 41.1. The Hall–Kier alpha value is -3.00. The second kappa shape index (κ2) is 17.8. The van der Waals surface area contributed by atoms with Crippen molar-refractivity contribution in [3.63, 3.8) is 0 Å². The molecule has 0 aromatic heterocycles. The van der Waals surface area contributed by atoms with Gasteiger partial charge in [-0.05, 0) is 0 Å². The first-order valence-electron chi connectivity index (χ1n) is 23.8. The molecule has 0 bridgehead atoms. The van der Waals surface area contributed by atoms with Gasteiger partial charge in [-0.3, -0.25) is 0 Å². The van der Waals surface area contributed by atoms with Crippen molar-refractivity contribution in [2.45, 2.75) is 120 Å². The van der Waals surface area contributed by atoms with Crippen molar-refractivity contribution in [3.05, 3.63) is 155 Å². The summed E-state index contributed by atoms with van der Waals surface area (Å²) in [4.78, 5) is 0. The molecule has 0 aliphatic heterocycles. The van der Waals surface area contributed by atoms with Crippen molar-refractivity contribution >= 4 is 65.4 Å². The number of benzene rings is 6. The summed E-state index contributed by atoms with van der Waals surface area (Å²) < 4.78 is 6.87. The Kier molecular flexibility index (Phi) is 13.1. The van der Waals surface area contributed by atoms with Crippen LogP contribution in [0.5, 0.6) is 0 Å². The van der Waals surface area contributed by atoms with E-state index in [1.807, 2.05) is 0 Å². The third-order valence-corrected chi connectivity index (χ3v) is 34.3. The van der Waals surface area contributed by atoms with E-state index < -0.39 is 17.4 Å². The number of halogens is 2. The molecule has 0 nitrogen and oxygen atoms in total. The van der Waals surface area contributed by atoms with Crippen LogP contribution < -0.4 is 0 Å². The minimum absolute atomic E-state index is 0. The van der Waals surface area contributed by atoms with E-state index in [0.29, 0.717) is 18.1 Å². The molecule has 2 fully saturated rings. The molecule has 0 saturated heterocycles. The van der Waals surface area contributed by atoms with E-state index in [2.05, 4.69) is 163 Å². The molecule has 0 spiro atoms. The molecule has 0 amide bonds. The number of fused-ring (bicyclic) bond motifs is 4. The summed E-state index contributed by atoms with van der Waals surface area (Å²) in [6.45, 7) is 7.61. The fourth-order valence-corrected chi connectivity index (χ4v) is 33.3. The van der Waals surface area contributed by atoms with Gasteiger partial charge in [0, 0.05) is 0 Å². The van der Waals surface area contributed by atoms with Crippen LogP contribution in [0, 0.1) is 10.8 Å². The van der Waals surface area contributed by atoms with Crippen LogP contribution in [0.15, 0.2) is 132 Å². The maximum atomic E-state index is 2.92. The third-order valence-electron chi connectivity index (χ3n) is 16.8. The van der Waals surface area contributed by atoms with Gasteiger partial charge >= 0.3 is 366 Å². The predicted octanol–water partition coefficient (Wildman–Crippen LogP) is 17.6. The van der Waals surface area contributed by atoms with Crippen molar-refractivity contribution < 1.29 is 17.4 Å². The fraction of sp³-hybridized carbons (Fsp3) is 0.379. The molecule has 2 unspecified atom stereocenters. The van der Waals surface area contributed by atoms with Crippen LogP contribution in [0.25, 0.3) is 56.0 Å². The number of hydrogen-bond donors (Lipinski definition) is 0. The second-order valence-electron chi connectivity index (χ2n) is 21.2. The summed E-state index contributed by atoms with van der Waals surface area (Å²) in [5, 5.41) is 5.31. The molecule has 4 heteroatoms. The molecule has 0 N–H and O–H groups in total. The Morgan fingerprint density at radius 3 is 1.26 bits per heavy atom. The number of rotatable bonds is 10. The van der Waals surface area contributed by atoms with Gasteiger partial charge in [-0.25, -0.2) is 0 Å². The molecule has 0 radical (unpaired) electrons. The zero-order valence-corrected chi connectivity index (χ0v) is 43.3. The average molecular weight is 955 g/mol. The van der Waals surface area contributed by atoms with Gasteiger partial charge in [0.2, 0.25) is 0 Å². The first-order valence-corrected chi connectivity index (χ1v) is 37.5. The fourth-order valence-electron chi connectivity index (χ4n) is 13.6. The Bertz CT molecular complexity index is 2570. The summed E-state index contributed by atoms with van der Waals surface area (Å²) in [5.41, 5.74) is 16.3. The minimum atomic E-state index is -4.00. The van der Waals surface area contributed by atoms with E-state index in [1.165, 1.54) is 145 Å². The van der Waals surface area contributed by atoms with Crippen molar-refractivity contribution in [2.75, 3.05) is 0 Å². The molecule has 322 valence electrons. The van der Waals surface area contributed by atoms with E-state index in [1.54, 1.807) is 22.3 Å². The molecular formula is C58H68Cl2SiZr.